The predicted molar refractivity (Wildman–Crippen MR) is 56.2 cm³/mol. The minimum absolute atomic E-state index is 0.0685. The first-order chi connectivity index (χ1) is 7.30. The van der Waals surface area contributed by atoms with Gasteiger partial charge in [-0.25, -0.2) is 9.79 Å². The highest BCUT2D eigenvalue weighted by molar-refractivity contribution is 5.35. The molecule has 1 aliphatic carbocycles. The first kappa shape index (κ1) is 10.1. The number of rotatable bonds is 4. The summed E-state index contributed by atoms with van der Waals surface area (Å²) in [5.41, 5.74) is 2.14. The molecule has 1 fully saturated rings. The molecule has 0 saturated heterocycles. The van der Waals surface area contributed by atoms with E-state index in [4.69, 9.17) is 4.74 Å². The van der Waals surface area contributed by atoms with Gasteiger partial charge in [-0.3, -0.25) is 0 Å². The van der Waals surface area contributed by atoms with E-state index in [1.54, 1.807) is 13.2 Å². The van der Waals surface area contributed by atoms with Gasteiger partial charge in [0.2, 0.25) is 6.08 Å². The van der Waals surface area contributed by atoms with Crippen molar-refractivity contribution in [1.29, 1.82) is 0 Å². The van der Waals surface area contributed by atoms with Gasteiger partial charge in [0.1, 0.15) is 0 Å². The lowest BCUT2D eigenvalue weighted by molar-refractivity contribution is 0.0788. The van der Waals surface area contributed by atoms with Crippen LogP contribution in [-0.2, 0) is 21.7 Å². The van der Waals surface area contributed by atoms with E-state index in [1.807, 2.05) is 12.1 Å². The summed E-state index contributed by atoms with van der Waals surface area (Å²) in [7, 11) is 1.74. The molecule has 0 aliphatic heterocycles. The standard InChI is InChI=1S/C12H13NO2/c1-15-12(5-6-12)11-4-2-3-10(7-11)8-13-9-14/h2-4,7H,5-6,8H2,1H3. The molecular weight excluding hydrogens is 190 g/mol. The second-order valence-corrected chi connectivity index (χ2v) is 3.81. The van der Waals surface area contributed by atoms with Gasteiger partial charge in [-0.1, -0.05) is 24.3 Å². The van der Waals surface area contributed by atoms with Gasteiger partial charge in [0.15, 0.2) is 0 Å². The van der Waals surface area contributed by atoms with Crippen molar-refractivity contribution in [3.63, 3.8) is 0 Å². The SMILES string of the molecule is COC1(c2cccc(CN=C=O)c2)CC1. The van der Waals surface area contributed by atoms with E-state index < -0.39 is 0 Å². The maximum atomic E-state index is 10.0. The number of ether oxygens (including phenoxy) is 1. The molecule has 3 heteroatoms. The van der Waals surface area contributed by atoms with Crippen LogP contribution in [0.2, 0.25) is 0 Å². The zero-order valence-electron chi connectivity index (χ0n) is 8.69. The maximum absolute atomic E-state index is 10.0. The lowest BCUT2D eigenvalue weighted by Crippen LogP contribution is -2.08. The highest BCUT2D eigenvalue weighted by Crippen LogP contribution is 2.48. The third kappa shape index (κ3) is 1.99. The Hall–Kier alpha value is -1.44. The van der Waals surface area contributed by atoms with Crippen LogP contribution in [0.1, 0.15) is 24.0 Å². The largest absolute Gasteiger partial charge is 0.374 e. The van der Waals surface area contributed by atoms with Crippen molar-refractivity contribution >= 4 is 6.08 Å². The smallest absolute Gasteiger partial charge is 0.235 e. The molecule has 0 unspecified atom stereocenters. The number of aliphatic imine (C=N–C) groups is 1. The van der Waals surface area contributed by atoms with Crippen molar-refractivity contribution in [1.82, 2.24) is 0 Å². The van der Waals surface area contributed by atoms with Crippen molar-refractivity contribution < 1.29 is 9.53 Å². The number of nitrogens with zero attached hydrogens (tertiary/aromatic N) is 1. The molecule has 1 aliphatic rings. The highest BCUT2D eigenvalue weighted by atomic mass is 16.5. The number of hydrogen-bond donors (Lipinski definition) is 0. The summed E-state index contributed by atoms with van der Waals surface area (Å²) in [6, 6.07) is 8.04. The number of hydrogen-bond acceptors (Lipinski definition) is 3. The Morgan fingerprint density at radius 1 is 1.53 bits per heavy atom. The second-order valence-electron chi connectivity index (χ2n) is 3.81. The molecule has 0 radical (unpaired) electrons. The van der Waals surface area contributed by atoms with Gasteiger partial charge >= 0.3 is 0 Å². The zero-order chi connectivity index (χ0) is 10.7. The fourth-order valence-corrected chi connectivity index (χ4v) is 1.80. The monoisotopic (exact) mass is 203 g/mol. The summed E-state index contributed by atoms with van der Waals surface area (Å²) < 4.78 is 5.49. The molecule has 3 nitrogen and oxygen atoms in total. The van der Waals surface area contributed by atoms with Crippen LogP contribution in [0.4, 0.5) is 0 Å². The second kappa shape index (κ2) is 3.97. The van der Waals surface area contributed by atoms with Crippen LogP contribution in [0.15, 0.2) is 29.3 Å². The summed E-state index contributed by atoms with van der Waals surface area (Å²) in [6.07, 6.45) is 3.69. The Labute approximate surface area is 88.8 Å². The van der Waals surface area contributed by atoms with E-state index in [2.05, 4.69) is 17.1 Å². The van der Waals surface area contributed by atoms with Crippen LogP contribution in [0.25, 0.3) is 0 Å². The predicted octanol–water partition coefficient (Wildman–Crippen LogP) is 2.16. The molecule has 0 spiro atoms. The van der Waals surface area contributed by atoms with Crippen LogP contribution in [0.3, 0.4) is 0 Å². The van der Waals surface area contributed by atoms with Crippen molar-refractivity contribution in [2.24, 2.45) is 4.99 Å². The van der Waals surface area contributed by atoms with Gasteiger partial charge in [-0.2, -0.15) is 0 Å². The van der Waals surface area contributed by atoms with Crippen LogP contribution < -0.4 is 0 Å². The quantitative estimate of drug-likeness (QED) is 0.555. The highest BCUT2D eigenvalue weighted by Gasteiger charge is 2.44. The van der Waals surface area contributed by atoms with E-state index in [-0.39, 0.29) is 5.60 Å². The molecule has 1 aromatic rings. The number of isocyanates is 1. The first-order valence-corrected chi connectivity index (χ1v) is 4.99. The van der Waals surface area contributed by atoms with Crippen LogP contribution in [0.5, 0.6) is 0 Å². The van der Waals surface area contributed by atoms with Gasteiger partial charge in [-0.15, -0.1) is 0 Å². The Balaban J connectivity index is 2.22. The van der Waals surface area contributed by atoms with E-state index in [1.165, 1.54) is 5.56 Å². The lowest BCUT2D eigenvalue weighted by Gasteiger charge is -2.14. The fourth-order valence-electron chi connectivity index (χ4n) is 1.80. The summed E-state index contributed by atoms with van der Waals surface area (Å²) in [6.45, 7) is 0.400. The summed E-state index contributed by atoms with van der Waals surface area (Å²) in [4.78, 5) is 13.6. The third-order valence-electron chi connectivity index (χ3n) is 2.87. The minimum Gasteiger partial charge on any atom is -0.374 e. The molecular formula is C12H13NO2. The van der Waals surface area contributed by atoms with Gasteiger partial charge in [0.05, 0.1) is 12.1 Å². The van der Waals surface area contributed by atoms with Crippen LogP contribution >= 0.6 is 0 Å². The normalized spacial score (nSPS) is 16.9. The molecule has 0 aromatic heterocycles. The van der Waals surface area contributed by atoms with E-state index in [9.17, 15) is 4.79 Å². The van der Waals surface area contributed by atoms with Gasteiger partial charge < -0.3 is 4.74 Å². The number of benzene rings is 1. The number of methoxy groups -OCH3 is 1. The van der Waals surface area contributed by atoms with E-state index in [0.717, 1.165) is 18.4 Å². The van der Waals surface area contributed by atoms with Crippen molar-refractivity contribution in [2.45, 2.75) is 25.0 Å². The Kier molecular flexibility index (Phi) is 2.67. The van der Waals surface area contributed by atoms with Gasteiger partial charge in [0, 0.05) is 7.11 Å². The third-order valence-corrected chi connectivity index (χ3v) is 2.87. The minimum atomic E-state index is -0.0685. The van der Waals surface area contributed by atoms with Crippen molar-refractivity contribution in [3.8, 4) is 0 Å². The average molecular weight is 203 g/mol. The topological polar surface area (TPSA) is 38.7 Å². The fraction of sp³-hybridized carbons (Fsp3) is 0.417. The molecule has 15 heavy (non-hydrogen) atoms. The Morgan fingerprint density at radius 3 is 2.93 bits per heavy atom. The average Bonchev–Trinajstić information content (AvgIpc) is 3.08. The van der Waals surface area contributed by atoms with Crippen LogP contribution in [0, 0.1) is 0 Å². The first-order valence-electron chi connectivity index (χ1n) is 4.99. The molecule has 78 valence electrons. The van der Waals surface area contributed by atoms with Crippen molar-refractivity contribution in [3.05, 3.63) is 35.4 Å². The van der Waals surface area contributed by atoms with E-state index >= 15 is 0 Å². The van der Waals surface area contributed by atoms with Gasteiger partial charge in [-0.05, 0) is 24.0 Å². The maximum Gasteiger partial charge on any atom is 0.235 e. The Bertz CT molecular complexity index is 404. The number of carbonyl (C=O) groups excluding carboxylic acids is 1. The molecule has 0 atom stereocenters. The van der Waals surface area contributed by atoms with Crippen LogP contribution in [-0.4, -0.2) is 13.2 Å². The summed E-state index contributed by atoms with van der Waals surface area (Å²) in [5, 5.41) is 0. The molecule has 1 saturated carbocycles. The van der Waals surface area contributed by atoms with Crippen molar-refractivity contribution in [2.75, 3.05) is 7.11 Å². The van der Waals surface area contributed by atoms with Gasteiger partial charge in [0.25, 0.3) is 0 Å². The zero-order valence-corrected chi connectivity index (χ0v) is 8.69. The molecule has 0 heterocycles. The summed E-state index contributed by atoms with van der Waals surface area (Å²) in [5.74, 6) is 0. The molecule has 0 N–H and O–H groups in total. The molecule has 1 aromatic carbocycles. The molecule has 0 amide bonds. The summed E-state index contributed by atoms with van der Waals surface area (Å²) >= 11 is 0. The Morgan fingerprint density at radius 2 is 2.33 bits per heavy atom. The lowest BCUT2D eigenvalue weighted by atomic mass is 10.0. The van der Waals surface area contributed by atoms with E-state index in [0.29, 0.717) is 6.54 Å². The molecule has 2 rings (SSSR count). The molecule has 0 bridgehead atoms.